The molecule has 1 aliphatic carbocycles. The van der Waals surface area contributed by atoms with Crippen molar-refractivity contribution in [2.75, 3.05) is 0 Å². The van der Waals surface area contributed by atoms with Crippen molar-refractivity contribution < 1.29 is 4.74 Å². The number of ether oxygens (including phenoxy) is 1. The van der Waals surface area contributed by atoms with Gasteiger partial charge in [-0.25, -0.2) is 0 Å². The molecule has 3 heteroatoms. The average Bonchev–Trinajstić information content (AvgIpc) is 2.40. The summed E-state index contributed by atoms with van der Waals surface area (Å²) in [4.78, 5) is 4.26. The lowest BCUT2D eigenvalue weighted by Gasteiger charge is -2.31. The van der Waals surface area contributed by atoms with Crippen LogP contribution in [0.25, 0.3) is 0 Å². The quantitative estimate of drug-likeness (QED) is 0.871. The third kappa shape index (κ3) is 2.97. The lowest BCUT2D eigenvalue weighted by atomic mass is 9.85. The van der Waals surface area contributed by atoms with Crippen molar-refractivity contribution in [3.63, 3.8) is 0 Å². The zero-order valence-electron chi connectivity index (χ0n) is 10.6. The third-order valence-corrected chi connectivity index (χ3v) is 3.68. The minimum atomic E-state index is 0.350. The zero-order chi connectivity index (χ0) is 12.1. The number of rotatable bonds is 4. The summed E-state index contributed by atoms with van der Waals surface area (Å²) in [7, 11) is 0. The Bertz CT molecular complexity index is 354. The molecule has 1 aromatic rings. The Morgan fingerprint density at radius 2 is 2.24 bits per heavy atom. The van der Waals surface area contributed by atoms with Gasteiger partial charge in [-0.05, 0) is 43.7 Å². The number of nitrogens with two attached hydrogens (primary N) is 1. The largest absolute Gasteiger partial charge is 0.488 e. The number of nitrogens with zero attached hydrogens (tertiary/aromatic N) is 1. The Kier molecular flexibility index (Phi) is 4.37. The first-order chi connectivity index (χ1) is 8.35. The zero-order valence-corrected chi connectivity index (χ0v) is 10.6. The molecule has 2 atom stereocenters. The van der Waals surface area contributed by atoms with Crippen molar-refractivity contribution in [1.29, 1.82) is 0 Å². The molecule has 2 rings (SSSR count). The molecule has 0 amide bonds. The van der Waals surface area contributed by atoms with Crippen molar-refractivity contribution in [3.8, 4) is 5.75 Å². The van der Waals surface area contributed by atoms with Crippen LogP contribution in [0.15, 0.2) is 18.3 Å². The van der Waals surface area contributed by atoms with E-state index < -0.39 is 0 Å². The van der Waals surface area contributed by atoms with Gasteiger partial charge >= 0.3 is 0 Å². The van der Waals surface area contributed by atoms with E-state index in [1.165, 1.54) is 25.7 Å². The van der Waals surface area contributed by atoms with Crippen LogP contribution >= 0.6 is 0 Å². The second-order valence-electron chi connectivity index (χ2n) is 4.76. The first-order valence-electron chi connectivity index (χ1n) is 6.65. The molecule has 0 bridgehead atoms. The summed E-state index contributed by atoms with van der Waals surface area (Å²) in [6, 6.07) is 3.90. The van der Waals surface area contributed by atoms with Crippen LogP contribution in [0.2, 0.25) is 0 Å². The van der Waals surface area contributed by atoms with Crippen LogP contribution in [0.3, 0.4) is 0 Å². The predicted molar refractivity (Wildman–Crippen MR) is 68.8 cm³/mol. The van der Waals surface area contributed by atoms with E-state index in [4.69, 9.17) is 10.5 Å². The van der Waals surface area contributed by atoms with E-state index in [1.807, 2.05) is 12.1 Å². The van der Waals surface area contributed by atoms with Crippen LogP contribution in [-0.2, 0) is 6.54 Å². The summed E-state index contributed by atoms with van der Waals surface area (Å²) in [5.41, 5.74) is 6.55. The topological polar surface area (TPSA) is 48.1 Å². The molecule has 1 aliphatic rings. The summed E-state index contributed by atoms with van der Waals surface area (Å²) in [5, 5.41) is 0. The molecule has 0 spiro atoms. The van der Waals surface area contributed by atoms with Crippen LogP contribution in [0.1, 0.15) is 44.7 Å². The van der Waals surface area contributed by atoms with E-state index in [0.29, 0.717) is 18.6 Å². The highest BCUT2D eigenvalue weighted by molar-refractivity contribution is 5.27. The van der Waals surface area contributed by atoms with Crippen molar-refractivity contribution in [2.45, 2.75) is 51.7 Å². The second kappa shape index (κ2) is 6.01. The molecule has 0 saturated heterocycles. The normalized spacial score (nSPS) is 24.6. The van der Waals surface area contributed by atoms with Gasteiger partial charge in [0.15, 0.2) is 0 Å². The number of hydrogen-bond acceptors (Lipinski definition) is 3. The molecule has 94 valence electrons. The summed E-state index contributed by atoms with van der Waals surface area (Å²) in [5.74, 6) is 1.56. The first kappa shape index (κ1) is 12.4. The summed E-state index contributed by atoms with van der Waals surface area (Å²) >= 11 is 0. The Morgan fingerprint density at radius 3 is 3.00 bits per heavy atom. The minimum absolute atomic E-state index is 0.350. The molecule has 3 nitrogen and oxygen atoms in total. The van der Waals surface area contributed by atoms with Crippen LogP contribution in [0.4, 0.5) is 0 Å². The van der Waals surface area contributed by atoms with Crippen molar-refractivity contribution in [2.24, 2.45) is 11.7 Å². The molecule has 0 aromatic carbocycles. The van der Waals surface area contributed by atoms with Gasteiger partial charge in [0.2, 0.25) is 0 Å². The molecule has 0 aliphatic heterocycles. The average molecular weight is 234 g/mol. The smallest absolute Gasteiger partial charge is 0.142 e. The Labute approximate surface area is 103 Å². The van der Waals surface area contributed by atoms with Gasteiger partial charge in [0.1, 0.15) is 11.9 Å². The van der Waals surface area contributed by atoms with Crippen LogP contribution in [0, 0.1) is 5.92 Å². The summed E-state index contributed by atoms with van der Waals surface area (Å²) in [6.07, 6.45) is 8.39. The van der Waals surface area contributed by atoms with E-state index in [1.54, 1.807) is 6.20 Å². The molecule has 17 heavy (non-hydrogen) atoms. The fraction of sp³-hybridized carbons (Fsp3) is 0.643. The highest BCUT2D eigenvalue weighted by atomic mass is 16.5. The summed E-state index contributed by atoms with van der Waals surface area (Å²) in [6.45, 7) is 2.69. The van der Waals surface area contributed by atoms with Gasteiger partial charge in [-0.2, -0.15) is 0 Å². The van der Waals surface area contributed by atoms with Gasteiger partial charge in [-0.1, -0.05) is 13.3 Å². The lowest BCUT2D eigenvalue weighted by Crippen LogP contribution is -2.30. The second-order valence-corrected chi connectivity index (χ2v) is 4.76. The summed E-state index contributed by atoms with van der Waals surface area (Å²) < 4.78 is 6.14. The SMILES string of the molecule is CCC1CCCCC1Oc1cccnc1CN. The monoisotopic (exact) mass is 234 g/mol. The molecule has 0 radical (unpaired) electrons. The molecule has 1 aromatic heterocycles. The Hall–Kier alpha value is -1.09. The van der Waals surface area contributed by atoms with E-state index in [2.05, 4.69) is 11.9 Å². The van der Waals surface area contributed by atoms with Crippen molar-refractivity contribution in [1.82, 2.24) is 4.98 Å². The lowest BCUT2D eigenvalue weighted by molar-refractivity contribution is 0.0889. The van der Waals surface area contributed by atoms with E-state index >= 15 is 0 Å². The number of hydrogen-bond donors (Lipinski definition) is 1. The Morgan fingerprint density at radius 1 is 1.41 bits per heavy atom. The molecule has 1 saturated carbocycles. The molecule has 2 N–H and O–H groups in total. The van der Waals surface area contributed by atoms with E-state index in [0.717, 1.165) is 17.9 Å². The highest BCUT2D eigenvalue weighted by Gasteiger charge is 2.25. The molecule has 1 heterocycles. The fourth-order valence-electron chi connectivity index (χ4n) is 2.64. The fourth-order valence-corrected chi connectivity index (χ4v) is 2.64. The maximum Gasteiger partial charge on any atom is 0.142 e. The maximum atomic E-state index is 6.14. The molecular formula is C14H22N2O. The van der Waals surface area contributed by atoms with Gasteiger partial charge < -0.3 is 10.5 Å². The van der Waals surface area contributed by atoms with E-state index in [9.17, 15) is 0 Å². The Balaban J connectivity index is 2.08. The van der Waals surface area contributed by atoms with E-state index in [-0.39, 0.29) is 0 Å². The highest BCUT2D eigenvalue weighted by Crippen LogP contribution is 2.31. The molecule has 2 unspecified atom stereocenters. The predicted octanol–water partition coefficient (Wildman–Crippen LogP) is 2.89. The van der Waals surface area contributed by atoms with Crippen LogP contribution in [-0.4, -0.2) is 11.1 Å². The first-order valence-corrected chi connectivity index (χ1v) is 6.65. The number of aromatic nitrogens is 1. The standard InChI is InChI=1S/C14H22N2O/c1-2-11-6-3-4-7-13(11)17-14-8-5-9-16-12(14)10-15/h5,8-9,11,13H,2-4,6-7,10,15H2,1H3. The van der Waals surface area contributed by atoms with Crippen molar-refractivity contribution in [3.05, 3.63) is 24.0 Å². The minimum Gasteiger partial charge on any atom is -0.488 e. The molecular weight excluding hydrogens is 212 g/mol. The van der Waals surface area contributed by atoms with Gasteiger partial charge in [0.25, 0.3) is 0 Å². The number of pyridine rings is 1. The van der Waals surface area contributed by atoms with Crippen LogP contribution < -0.4 is 10.5 Å². The van der Waals surface area contributed by atoms with Crippen molar-refractivity contribution >= 4 is 0 Å². The van der Waals surface area contributed by atoms with Crippen LogP contribution in [0.5, 0.6) is 5.75 Å². The third-order valence-electron chi connectivity index (χ3n) is 3.68. The molecule has 1 fully saturated rings. The van der Waals surface area contributed by atoms with Gasteiger partial charge in [-0.3, -0.25) is 4.98 Å². The maximum absolute atomic E-state index is 6.14. The van der Waals surface area contributed by atoms with Gasteiger partial charge in [-0.15, -0.1) is 0 Å². The van der Waals surface area contributed by atoms with Gasteiger partial charge in [0, 0.05) is 12.7 Å². The van der Waals surface area contributed by atoms with Gasteiger partial charge in [0.05, 0.1) is 5.69 Å².